The van der Waals surface area contributed by atoms with Gasteiger partial charge in [-0.2, -0.15) is 0 Å². The largest absolute Gasteiger partial charge is 0.356 e. The van der Waals surface area contributed by atoms with Gasteiger partial charge in [-0.25, -0.2) is 4.79 Å². The van der Waals surface area contributed by atoms with Crippen molar-refractivity contribution in [1.29, 1.82) is 0 Å². The lowest BCUT2D eigenvalue weighted by atomic mass is 9.99. The molecule has 8 heteroatoms. The number of halogens is 1. The molecule has 24 heavy (non-hydrogen) atoms. The molecule has 2 N–H and O–H groups in total. The van der Waals surface area contributed by atoms with Crippen LogP contribution in [0.5, 0.6) is 0 Å². The fourth-order valence-corrected chi connectivity index (χ4v) is 2.51. The minimum Gasteiger partial charge on any atom is -0.356 e. The van der Waals surface area contributed by atoms with E-state index in [0.717, 1.165) is 25.3 Å². The van der Waals surface area contributed by atoms with E-state index in [1.165, 1.54) is 4.90 Å². The Hall–Kier alpha value is -1.06. The Morgan fingerprint density at radius 2 is 2.00 bits per heavy atom. The highest BCUT2D eigenvalue weighted by atomic mass is 127. The molecule has 0 aromatic heterocycles. The summed E-state index contributed by atoms with van der Waals surface area (Å²) < 4.78 is 0. The minimum absolute atomic E-state index is 0. The molecule has 0 aromatic rings. The summed E-state index contributed by atoms with van der Waals surface area (Å²) in [6.45, 7) is 7.88. The SMILES string of the molecule is CCCCN(C)C(=NC)NCCCN1C(=O)NC(C)(CC)C1=O.I. The molecule has 1 fully saturated rings. The lowest BCUT2D eigenvalue weighted by Gasteiger charge is -2.22. The molecule has 0 spiro atoms. The first-order valence-corrected chi connectivity index (χ1v) is 8.45. The van der Waals surface area contributed by atoms with E-state index in [-0.39, 0.29) is 35.9 Å². The highest BCUT2D eigenvalue weighted by molar-refractivity contribution is 14.0. The van der Waals surface area contributed by atoms with Crippen molar-refractivity contribution in [2.75, 3.05) is 33.7 Å². The molecular formula is C16H32IN5O2. The number of carbonyl (C=O) groups excluding carboxylic acids is 2. The van der Waals surface area contributed by atoms with Gasteiger partial charge in [0.2, 0.25) is 0 Å². The number of nitrogens with zero attached hydrogens (tertiary/aromatic N) is 3. The molecule has 1 heterocycles. The van der Waals surface area contributed by atoms with Gasteiger partial charge in [-0.1, -0.05) is 20.3 Å². The minimum atomic E-state index is -0.749. The van der Waals surface area contributed by atoms with Gasteiger partial charge < -0.3 is 15.5 Å². The van der Waals surface area contributed by atoms with E-state index in [1.807, 2.05) is 14.0 Å². The van der Waals surface area contributed by atoms with Crippen molar-refractivity contribution >= 4 is 41.9 Å². The molecule has 0 bridgehead atoms. The van der Waals surface area contributed by atoms with Crippen molar-refractivity contribution in [3.63, 3.8) is 0 Å². The molecule has 1 aliphatic heterocycles. The van der Waals surface area contributed by atoms with Crippen molar-refractivity contribution in [3.05, 3.63) is 0 Å². The van der Waals surface area contributed by atoms with Crippen LogP contribution < -0.4 is 10.6 Å². The third-order valence-corrected chi connectivity index (χ3v) is 4.31. The Morgan fingerprint density at radius 1 is 1.33 bits per heavy atom. The molecular weight excluding hydrogens is 421 g/mol. The third kappa shape index (κ3) is 5.78. The second-order valence-corrected chi connectivity index (χ2v) is 6.18. The molecule has 7 nitrogen and oxygen atoms in total. The average molecular weight is 453 g/mol. The highest BCUT2D eigenvalue weighted by Gasteiger charge is 2.45. The van der Waals surface area contributed by atoms with Crippen molar-refractivity contribution in [3.8, 4) is 0 Å². The highest BCUT2D eigenvalue weighted by Crippen LogP contribution is 2.20. The zero-order valence-electron chi connectivity index (χ0n) is 15.5. The van der Waals surface area contributed by atoms with Crippen LogP contribution >= 0.6 is 24.0 Å². The number of hydrogen-bond acceptors (Lipinski definition) is 3. The molecule has 1 saturated heterocycles. The molecule has 1 unspecified atom stereocenters. The summed E-state index contributed by atoms with van der Waals surface area (Å²) in [4.78, 5) is 31.8. The van der Waals surface area contributed by atoms with E-state index >= 15 is 0 Å². The first-order chi connectivity index (χ1) is 10.9. The Kier molecular flexibility index (Phi) is 10.3. The lowest BCUT2D eigenvalue weighted by molar-refractivity contribution is -0.130. The van der Waals surface area contributed by atoms with Gasteiger partial charge >= 0.3 is 6.03 Å². The standard InChI is InChI=1S/C16H31N5O2.HI/c1-6-8-11-20(5)14(17-4)18-10-9-12-21-13(22)16(3,7-2)19-15(21)23;/h6-12H2,1-5H3,(H,17,18)(H,19,23);1H. The molecule has 0 aromatic carbocycles. The average Bonchev–Trinajstić information content (AvgIpc) is 2.76. The van der Waals surface area contributed by atoms with Crippen molar-refractivity contribution in [2.24, 2.45) is 4.99 Å². The monoisotopic (exact) mass is 453 g/mol. The first kappa shape index (κ1) is 22.9. The lowest BCUT2D eigenvalue weighted by Crippen LogP contribution is -2.43. The Balaban J connectivity index is 0.00000529. The fraction of sp³-hybridized carbons (Fsp3) is 0.812. The maximum absolute atomic E-state index is 12.3. The smallest absolute Gasteiger partial charge is 0.325 e. The Labute approximate surface area is 162 Å². The van der Waals surface area contributed by atoms with E-state index < -0.39 is 5.54 Å². The van der Waals surface area contributed by atoms with Crippen LogP contribution in [0.3, 0.4) is 0 Å². The predicted molar refractivity (Wildman–Crippen MR) is 108 cm³/mol. The van der Waals surface area contributed by atoms with Crippen LogP contribution in [0.2, 0.25) is 0 Å². The number of imide groups is 1. The number of nitrogens with one attached hydrogen (secondary N) is 2. The number of unbranched alkanes of at least 4 members (excludes halogenated alkanes) is 1. The van der Waals surface area contributed by atoms with Crippen molar-refractivity contribution < 1.29 is 9.59 Å². The molecule has 0 saturated carbocycles. The van der Waals surface area contributed by atoms with Gasteiger partial charge in [0.1, 0.15) is 5.54 Å². The number of urea groups is 1. The van der Waals surface area contributed by atoms with Gasteiger partial charge in [-0.05, 0) is 26.2 Å². The van der Waals surface area contributed by atoms with Crippen molar-refractivity contribution in [1.82, 2.24) is 20.4 Å². The molecule has 1 rings (SSSR count). The Morgan fingerprint density at radius 3 is 2.50 bits per heavy atom. The number of carbonyl (C=O) groups is 2. The maximum Gasteiger partial charge on any atom is 0.325 e. The summed E-state index contributed by atoms with van der Waals surface area (Å²) in [7, 11) is 3.77. The van der Waals surface area contributed by atoms with E-state index in [9.17, 15) is 9.59 Å². The zero-order chi connectivity index (χ0) is 17.5. The normalized spacial score (nSPS) is 20.7. The molecule has 3 amide bonds. The summed E-state index contributed by atoms with van der Waals surface area (Å²) in [6, 6.07) is -0.288. The van der Waals surface area contributed by atoms with Gasteiger partial charge in [0.25, 0.3) is 5.91 Å². The van der Waals surface area contributed by atoms with Crippen LogP contribution in [0, 0.1) is 0 Å². The number of rotatable bonds is 8. The number of aliphatic imine (C=N–C) groups is 1. The van der Waals surface area contributed by atoms with Crippen LogP contribution in [-0.4, -0.2) is 67.0 Å². The van der Waals surface area contributed by atoms with Gasteiger partial charge in [0, 0.05) is 33.7 Å². The number of amides is 3. The molecule has 140 valence electrons. The second-order valence-electron chi connectivity index (χ2n) is 6.18. The zero-order valence-corrected chi connectivity index (χ0v) is 17.8. The quantitative estimate of drug-likeness (QED) is 0.194. The van der Waals surface area contributed by atoms with E-state index in [0.29, 0.717) is 25.9 Å². The molecule has 0 radical (unpaired) electrons. The van der Waals surface area contributed by atoms with Gasteiger partial charge in [0.05, 0.1) is 0 Å². The predicted octanol–water partition coefficient (Wildman–Crippen LogP) is 2.02. The van der Waals surface area contributed by atoms with E-state index in [4.69, 9.17) is 0 Å². The maximum atomic E-state index is 12.3. The van der Waals surface area contributed by atoms with E-state index in [1.54, 1.807) is 14.0 Å². The van der Waals surface area contributed by atoms with Crippen LogP contribution in [0.1, 0.15) is 46.5 Å². The van der Waals surface area contributed by atoms with Gasteiger partial charge in [-0.3, -0.25) is 14.7 Å². The topological polar surface area (TPSA) is 77.0 Å². The summed E-state index contributed by atoms with van der Waals surface area (Å²) in [6.07, 6.45) is 3.56. The van der Waals surface area contributed by atoms with Crippen LogP contribution in [0.15, 0.2) is 4.99 Å². The number of guanidine groups is 1. The second kappa shape index (κ2) is 10.7. The molecule has 0 aliphatic carbocycles. The third-order valence-electron chi connectivity index (χ3n) is 4.31. The van der Waals surface area contributed by atoms with Gasteiger partial charge in [0.15, 0.2) is 5.96 Å². The Bertz CT molecular complexity index is 458. The summed E-state index contributed by atoms with van der Waals surface area (Å²) in [5.74, 6) is 0.712. The van der Waals surface area contributed by atoms with Crippen LogP contribution in [0.25, 0.3) is 0 Å². The summed E-state index contributed by atoms with van der Waals surface area (Å²) >= 11 is 0. The van der Waals surface area contributed by atoms with Crippen LogP contribution in [-0.2, 0) is 4.79 Å². The fourth-order valence-electron chi connectivity index (χ4n) is 2.51. The summed E-state index contributed by atoms with van der Waals surface area (Å²) in [5, 5.41) is 6.04. The first-order valence-electron chi connectivity index (χ1n) is 8.45. The van der Waals surface area contributed by atoms with E-state index in [2.05, 4.69) is 27.4 Å². The number of hydrogen-bond donors (Lipinski definition) is 2. The van der Waals surface area contributed by atoms with Crippen molar-refractivity contribution in [2.45, 2.75) is 52.0 Å². The molecule has 1 aliphatic rings. The molecule has 1 atom stereocenters. The van der Waals surface area contributed by atoms with Crippen LogP contribution in [0.4, 0.5) is 4.79 Å². The summed E-state index contributed by atoms with van der Waals surface area (Å²) in [5.41, 5.74) is -0.749. The van der Waals surface area contributed by atoms with Gasteiger partial charge in [-0.15, -0.1) is 24.0 Å².